The number of amides is 5. The number of methoxy groups -OCH3 is 1. The Balaban J connectivity index is 0.970. The molecule has 2 fully saturated rings. The van der Waals surface area contributed by atoms with Crippen molar-refractivity contribution in [3.05, 3.63) is 76.6 Å². The fraction of sp³-hybridized carbons (Fsp3) is 0.425. The molecule has 1 atom stereocenters. The number of ether oxygens (including phenoxy) is 1. The van der Waals surface area contributed by atoms with Crippen molar-refractivity contribution in [2.45, 2.75) is 50.9 Å². The first kappa shape index (κ1) is 41.7. The zero-order valence-electron chi connectivity index (χ0n) is 32.3. The van der Waals surface area contributed by atoms with Crippen LogP contribution in [0.25, 0.3) is 0 Å². The minimum absolute atomic E-state index is 0.0567. The van der Waals surface area contributed by atoms with Gasteiger partial charge in [-0.1, -0.05) is 19.4 Å². The number of piperazine rings is 1. The molecule has 0 saturated carbocycles. The van der Waals surface area contributed by atoms with Crippen LogP contribution in [0, 0.1) is 0 Å². The summed E-state index contributed by atoms with van der Waals surface area (Å²) in [5.41, 5.74) is 7.12. The number of hydrogen-bond donors (Lipinski definition) is 3. The largest absolute Gasteiger partial charge is 0.494 e. The molecule has 58 heavy (non-hydrogen) atoms. The van der Waals surface area contributed by atoms with Crippen molar-refractivity contribution in [2.75, 3.05) is 75.4 Å². The third kappa shape index (κ3) is 9.45. The molecule has 0 aliphatic carbocycles. The molecule has 4 N–H and O–H groups in total. The van der Waals surface area contributed by atoms with Gasteiger partial charge in [0.25, 0.3) is 17.7 Å². The van der Waals surface area contributed by atoms with Gasteiger partial charge in [-0.2, -0.15) is 13.2 Å². The van der Waals surface area contributed by atoms with Crippen LogP contribution in [0.15, 0.2) is 53.5 Å². The lowest BCUT2D eigenvalue weighted by Gasteiger charge is -2.38. The van der Waals surface area contributed by atoms with Gasteiger partial charge in [-0.25, -0.2) is 4.98 Å². The van der Waals surface area contributed by atoms with E-state index in [1.165, 1.54) is 19.2 Å². The van der Waals surface area contributed by atoms with E-state index in [1.807, 2.05) is 13.0 Å². The zero-order chi connectivity index (χ0) is 41.6. The lowest BCUT2D eigenvalue weighted by Crippen LogP contribution is -2.49. The van der Waals surface area contributed by atoms with Crippen molar-refractivity contribution in [1.29, 1.82) is 0 Å². The van der Waals surface area contributed by atoms with Gasteiger partial charge in [-0.05, 0) is 55.7 Å². The van der Waals surface area contributed by atoms with Crippen molar-refractivity contribution >= 4 is 53.3 Å². The van der Waals surface area contributed by atoms with E-state index in [0.717, 1.165) is 87.9 Å². The predicted octanol–water partition coefficient (Wildman–Crippen LogP) is 3.69. The number of carbonyl (C=O) groups is 5. The summed E-state index contributed by atoms with van der Waals surface area (Å²) in [4.78, 5) is 79.0. The molecule has 2 aromatic carbocycles. The van der Waals surface area contributed by atoms with E-state index in [2.05, 4.69) is 30.3 Å². The number of piperidine rings is 1. The average molecular weight is 806 g/mol. The maximum atomic E-state index is 13.4. The third-order valence-electron chi connectivity index (χ3n) is 10.7. The molecule has 2 saturated heterocycles. The number of benzene rings is 2. The van der Waals surface area contributed by atoms with Crippen LogP contribution in [0.5, 0.6) is 5.75 Å². The average Bonchev–Trinajstić information content (AvgIpc) is 3.47. The summed E-state index contributed by atoms with van der Waals surface area (Å²) in [6.07, 6.45) is -0.331. The van der Waals surface area contributed by atoms with Gasteiger partial charge in [0.1, 0.15) is 23.2 Å². The number of aromatic nitrogens is 1. The van der Waals surface area contributed by atoms with E-state index in [9.17, 15) is 37.1 Å². The fourth-order valence-corrected chi connectivity index (χ4v) is 7.42. The van der Waals surface area contributed by atoms with Crippen LogP contribution >= 0.6 is 0 Å². The summed E-state index contributed by atoms with van der Waals surface area (Å²) in [6, 6.07) is 10.4. The van der Waals surface area contributed by atoms with Crippen molar-refractivity contribution in [2.24, 2.45) is 4.99 Å². The highest BCUT2D eigenvalue weighted by molar-refractivity contribution is 6.23. The molecule has 0 spiro atoms. The molecule has 1 unspecified atom stereocenters. The number of nitrogens with zero attached hydrogens (tertiary/aromatic N) is 6. The number of pyridine rings is 1. The van der Waals surface area contributed by atoms with Crippen LogP contribution in [-0.2, 0) is 15.8 Å². The van der Waals surface area contributed by atoms with Crippen LogP contribution in [-0.4, -0.2) is 127 Å². The molecule has 3 aromatic rings. The molecule has 0 bridgehead atoms. The molecule has 15 nitrogen and oxygen atoms in total. The van der Waals surface area contributed by atoms with Crippen molar-refractivity contribution in [1.82, 2.24) is 25.0 Å². The quantitative estimate of drug-likeness (QED) is 0.0936. The van der Waals surface area contributed by atoms with Gasteiger partial charge in [0.05, 0.1) is 30.0 Å². The van der Waals surface area contributed by atoms with Crippen molar-refractivity contribution in [3.63, 3.8) is 0 Å². The summed E-state index contributed by atoms with van der Waals surface area (Å²) < 4.78 is 44.8. The number of nitrogen functional groups attached to an aromatic ring is 1. The van der Waals surface area contributed by atoms with Crippen LogP contribution in [0.4, 0.5) is 30.2 Å². The monoisotopic (exact) mass is 805 g/mol. The van der Waals surface area contributed by atoms with Gasteiger partial charge in [-0.15, -0.1) is 0 Å². The Labute approximate surface area is 333 Å². The van der Waals surface area contributed by atoms with Crippen molar-refractivity contribution in [3.8, 4) is 5.75 Å². The minimum atomic E-state index is -4.69. The molecule has 6 rings (SSSR count). The van der Waals surface area contributed by atoms with Gasteiger partial charge in [0.15, 0.2) is 0 Å². The highest BCUT2D eigenvalue weighted by Gasteiger charge is 2.43. The number of fused-ring (bicyclic) bond motifs is 1. The maximum absolute atomic E-state index is 13.4. The second kappa shape index (κ2) is 18.1. The molecule has 4 heterocycles. The molecule has 308 valence electrons. The molecule has 1 aromatic heterocycles. The molecule has 0 radical (unpaired) electrons. The highest BCUT2D eigenvalue weighted by Crippen LogP contribution is 2.32. The molecule has 3 aliphatic heterocycles. The Morgan fingerprint density at radius 3 is 2.33 bits per heavy atom. The second-order valence-electron chi connectivity index (χ2n) is 14.4. The number of aliphatic imine (C=N–C) groups is 1. The number of nitrogens with two attached hydrogens (primary N) is 1. The summed E-state index contributed by atoms with van der Waals surface area (Å²) in [6.45, 7) is 8.47. The summed E-state index contributed by atoms with van der Waals surface area (Å²) in [5.74, 6) is -2.36. The van der Waals surface area contributed by atoms with Crippen LogP contribution in [0.2, 0.25) is 0 Å². The smallest absolute Gasteiger partial charge is 0.433 e. The van der Waals surface area contributed by atoms with Gasteiger partial charge < -0.3 is 25.6 Å². The number of halogens is 3. The zero-order valence-corrected chi connectivity index (χ0v) is 32.3. The Hall–Kier alpha value is -5.88. The van der Waals surface area contributed by atoms with Crippen LogP contribution in [0.1, 0.15) is 75.1 Å². The Morgan fingerprint density at radius 2 is 1.67 bits per heavy atom. The number of alkyl halides is 3. The first-order chi connectivity index (χ1) is 27.8. The first-order valence-corrected chi connectivity index (χ1v) is 19.1. The standard InChI is InChI=1S/C40H46F3N9O6/c1-3-5-33(37(55)46-24-53)52-38(56)28-9-8-27(21-29(28)39(52)57)51-18-16-50(17-19-51)15-14-49-12-10-26(11-13-49)45-23-25-20-32(34(58-2)22-30(25)44)48-36(54)31-6-4-7-35(47-31)40(41,42)43/h4,6-9,20-24,26,33H,3,5,10-19,44H2,1-2H3,(H,48,54)(H,46,53,55). The molecule has 3 aliphatic rings. The van der Waals surface area contributed by atoms with E-state index >= 15 is 0 Å². The Morgan fingerprint density at radius 1 is 0.983 bits per heavy atom. The number of hydrogen-bond acceptors (Lipinski definition) is 12. The number of likely N-dealkylation sites (tertiary alicyclic amines) is 1. The van der Waals surface area contributed by atoms with Crippen molar-refractivity contribution < 1.29 is 41.9 Å². The van der Waals surface area contributed by atoms with Gasteiger partial charge in [0.2, 0.25) is 12.3 Å². The molecule has 18 heteroatoms. The van der Waals surface area contributed by atoms with Gasteiger partial charge in [-0.3, -0.25) is 44.1 Å². The van der Waals surface area contributed by atoms with Gasteiger partial charge >= 0.3 is 6.18 Å². The Bertz CT molecular complexity index is 2060. The summed E-state index contributed by atoms with van der Waals surface area (Å²) in [7, 11) is 1.39. The number of nitrogens with one attached hydrogen (secondary N) is 2. The minimum Gasteiger partial charge on any atom is -0.494 e. The number of imide groups is 2. The van der Waals surface area contributed by atoms with E-state index in [1.54, 1.807) is 24.4 Å². The maximum Gasteiger partial charge on any atom is 0.433 e. The van der Waals surface area contributed by atoms with E-state index in [-0.39, 0.29) is 41.4 Å². The summed E-state index contributed by atoms with van der Waals surface area (Å²) >= 11 is 0. The van der Waals surface area contributed by atoms with Crippen LogP contribution < -0.4 is 26.0 Å². The lowest BCUT2D eigenvalue weighted by atomic mass is 10.1. The topological polar surface area (TPSA) is 183 Å². The Kier molecular flexibility index (Phi) is 13.1. The number of carbonyl (C=O) groups excluding carboxylic acids is 5. The van der Waals surface area contributed by atoms with Gasteiger partial charge in [0, 0.05) is 81.6 Å². The predicted molar refractivity (Wildman–Crippen MR) is 210 cm³/mol. The summed E-state index contributed by atoms with van der Waals surface area (Å²) in [5, 5.41) is 4.66. The second-order valence-corrected chi connectivity index (χ2v) is 14.4. The highest BCUT2D eigenvalue weighted by atomic mass is 19.4. The first-order valence-electron chi connectivity index (χ1n) is 19.1. The SMILES string of the molecule is CCCC(C(=O)NC=O)N1C(=O)c2ccc(N3CCN(CCN4CCC(N=Cc5cc(NC(=O)c6cccc(C(F)(F)F)n6)c(OC)cc5N)CC4)CC3)cc2C1=O. The number of rotatable bonds is 14. The normalized spacial score (nSPS) is 17.4. The molecule has 5 amide bonds. The fourth-order valence-electron chi connectivity index (χ4n) is 7.42. The van der Waals surface area contributed by atoms with E-state index in [4.69, 9.17) is 15.5 Å². The molecular formula is C40H46F3N9O6. The van der Waals surface area contributed by atoms with E-state index in [0.29, 0.717) is 17.7 Å². The number of anilines is 3. The van der Waals surface area contributed by atoms with E-state index < -0.39 is 47.2 Å². The van der Waals surface area contributed by atoms with Crippen LogP contribution in [0.3, 0.4) is 0 Å². The third-order valence-corrected chi connectivity index (χ3v) is 10.7. The lowest BCUT2D eigenvalue weighted by molar-refractivity contribution is -0.141. The molecular weight excluding hydrogens is 759 g/mol.